The van der Waals surface area contributed by atoms with Crippen molar-refractivity contribution in [2.45, 2.75) is 12.7 Å². The first-order valence-electron chi connectivity index (χ1n) is 7.33. The summed E-state index contributed by atoms with van der Waals surface area (Å²) >= 11 is 0. The lowest BCUT2D eigenvalue weighted by Crippen LogP contribution is -2.06. The van der Waals surface area contributed by atoms with Gasteiger partial charge in [-0.25, -0.2) is 0 Å². The second-order valence-corrected chi connectivity index (χ2v) is 5.16. The van der Waals surface area contributed by atoms with Crippen LogP contribution in [-0.2, 0) is 12.7 Å². The van der Waals surface area contributed by atoms with Crippen molar-refractivity contribution >= 4 is 5.69 Å². The zero-order valence-corrected chi connectivity index (χ0v) is 13.2. The van der Waals surface area contributed by atoms with Gasteiger partial charge in [0, 0.05) is 11.3 Å². The average molecular weight is 349 g/mol. The number of anilines is 1. The standard InChI is InChI=1S/C17H14F3N3O2/c1-24-14-7-5-11(6-8-14)16-23-22-15(25-16)10-21-13-4-2-3-12(9-13)17(18,19)20/h2-9,21H,10H2,1H3. The molecule has 8 heteroatoms. The van der Waals surface area contributed by atoms with Gasteiger partial charge in [-0.1, -0.05) is 6.07 Å². The molecular formula is C17H14F3N3O2. The molecule has 0 atom stereocenters. The molecule has 0 aliphatic carbocycles. The van der Waals surface area contributed by atoms with Crippen molar-refractivity contribution in [3.05, 3.63) is 60.0 Å². The maximum absolute atomic E-state index is 12.7. The summed E-state index contributed by atoms with van der Waals surface area (Å²) < 4.78 is 48.7. The van der Waals surface area contributed by atoms with Gasteiger partial charge >= 0.3 is 6.18 Å². The Labute approximate surface area is 141 Å². The van der Waals surface area contributed by atoms with E-state index < -0.39 is 11.7 Å². The van der Waals surface area contributed by atoms with Crippen LogP contribution in [0.2, 0.25) is 0 Å². The summed E-state index contributed by atoms with van der Waals surface area (Å²) in [5.74, 6) is 1.29. The number of halogens is 3. The molecule has 0 aliphatic heterocycles. The minimum absolute atomic E-state index is 0.116. The van der Waals surface area contributed by atoms with E-state index in [2.05, 4.69) is 15.5 Å². The molecule has 1 heterocycles. The van der Waals surface area contributed by atoms with Crippen LogP contribution in [0.5, 0.6) is 5.75 Å². The molecule has 1 N–H and O–H groups in total. The zero-order valence-electron chi connectivity index (χ0n) is 13.2. The second kappa shape index (κ2) is 6.84. The highest BCUT2D eigenvalue weighted by atomic mass is 19.4. The van der Waals surface area contributed by atoms with E-state index >= 15 is 0 Å². The molecule has 0 bridgehead atoms. The van der Waals surface area contributed by atoms with E-state index in [9.17, 15) is 13.2 Å². The molecule has 1 aromatic heterocycles. The Kier molecular flexibility index (Phi) is 4.60. The van der Waals surface area contributed by atoms with Gasteiger partial charge in [-0.2, -0.15) is 13.2 Å². The molecule has 0 radical (unpaired) electrons. The van der Waals surface area contributed by atoms with Crippen LogP contribution in [0.4, 0.5) is 18.9 Å². The summed E-state index contributed by atoms with van der Waals surface area (Å²) in [4.78, 5) is 0. The fourth-order valence-electron chi connectivity index (χ4n) is 2.16. The molecule has 2 aromatic carbocycles. The first-order valence-corrected chi connectivity index (χ1v) is 7.33. The number of hydrogen-bond donors (Lipinski definition) is 1. The number of nitrogens with one attached hydrogen (secondary N) is 1. The van der Waals surface area contributed by atoms with Crippen LogP contribution < -0.4 is 10.1 Å². The molecule has 0 aliphatic rings. The third-order valence-electron chi connectivity index (χ3n) is 3.44. The SMILES string of the molecule is COc1ccc(-c2nnc(CNc3cccc(C(F)(F)F)c3)o2)cc1. The fourth-order valence-corrected chi connectivity index (χ4v) is 2.16. The third kappa shape index (κ3) is 4.09. The molecule has 130 valence electrons. The van der Waals surface area contributed by atoms with Gasteiger partial charge in [0.05, 0.1) is 19.2 Å². The molecule has 0 saturated carbocycles. The molecule has 0 spiro atoms. The van der Waals surface area contributed by atoms with Crippen LogP contribution in [0.1, 0.15) is 11.5 Å². The van der Waals surface area contributed by atoms with Gasteiger partial charge in [0.2, 0.25) is 11.8 Å². The molecule has 0 saturated heterocycles. The maximum atomic E-state index is 12.7. The Morgan fingerprint density at radius 1 is 1.08 bits per heavy atom. The Bertz CT molecular complexity index is 845. The highest BCUT2D eigenvalue weighted by Gasteiger charge is 2.30. The Morgan fingerprint density at radius 2 is 1.84 bits per heavy atom. The summed E-state index contributed by atoms with van der Waals surface area (Å²) in [6.45, 7) is 0.116. The molecule has 0 fully saturated rings. The Morgan fingerprint density at radius 3 is 2.52 bits per heavy atom. The summed E-state index contributed by atoms with van der Waals surface area (Å²) in [7, 11) is 1.57. The largest absolute Gasteiger partial charge is 0.497 e. The molecule has 0 unspecified atom stereocenters. The first-order chi connectivity index (χ1) is 12.0. The van der Waals surface area contributed by atoms with Gasteiger partial charge < -0.3 is 14.5 Å². The van der Waals surface area contributed by atoms with Crippen molar-refractivity contribution in [2.75, 3.05) is 12.4 Å². The van der Waals surface area contributed by atoms with E-state index in [-0.39, 0.29) is 12.4 Å². The molecule has 0 amide bonds. The summed E-state index contributed by atoms with van der Waals surface area (Å²) in [5.41, 5.74) is 0.319. The van der Waals surface area contributed by atoms with Gasteiger partial charge in [0.1, 0.15) is 5.75 Å². The number of hydrogen-bond acceptors (Lipinski definition) is 5. The number of methoxy groups -OCH3 is 1. The minimum atomic E-state index is -4.39. The molecule has 25 heavy (non-hydrogen) atoms. The van der Waals surface area contributed by atoms with E-state index in [4.69, 9.17) is 9.15 Å². The Balaban J connectivity index is 1.67. The molecule has 5 nitrogen and oxygen atoms in total. The minimum Gasteiger partial charge on any atom is -0.497 e. The lowest BCUT2D eigenvalue weighted by Gasteiger charge is -2.09. The summed E-state index contributed by atoms with van der Waals surface area (Å²) in [5, 5.41) is 10.7. The second-order valence-electron chi connectivity index (χ2n) is 5.16. The molecular weight excluding hydrogens is 335 g/mol. The topological polar surface area (TPSA) is 60.2 Å². The highest BCUT2D eigenvalue weighted by Crippen LogP contribution is 2.30. The predicted molar refractivity (Wildman–Crippen MR) is 85.1 cm³/mol. The summed E-state index contributed by atoms with van der Waals surface area (Å²) in [6, 6.07) is 12.0. The van der Waals surface area contributed by atoms with Crippen LogP contribution in [0, 0.1) is 0 Å². The lowest BCUT2D eigenvalue weighted by molar-refractivity contribution is -0.137. The van der Waals surface area contributed by atoms with Crippen LogP contribution in [0.15, 0.2) is 52.9 Å². The van der Waals surface area contributed by atoms with Crippen LogP contribution in [0.25, 0.3) is 11.5 Å². The van der Waals surface area contributed by atoms with E-state index in [0.717, 1.165) is 17.7 Å². The van der Waals surface area contributed by atoms with Gasteiger partial charge in [0.15, 0.2) is 0 Å². The summed E-state index contributed by atoms with van der Waals surface area (Å²) in [6.07, 6.45) is -4.39. The highest BCUT2D eigenvalue weighted by molar-refractivity contribution is 5.54. The van der Waals surface area contributed by atoms with Crippen molar-refractivity contribution in [1.82, 2.24) is 10.2 Å². The van der Waals surface area contributed by atoms with Gasteiger partial charge in [-0.15, -0.1) is 10.2 Å². The quantitative estimate of drug-likeness (QED) is 0.741. The number of ether oxygens (including phenoxy) is 1. The number of nitrogens with zero attached hydrogens (tertiary/aromatic N) is 2. The van der Waals surface area contributed by atoms with Gasteiger partial charge in [0.25, 0.3) is 0 Å². The van der Waals surface area contributed by atoms with Crippen molar-refractivity contribution in [3.63, 3.8) is 0 Å². The van der Waals surface area contributed by atoms with Crippen molar-refractivity contribution < 1.29 is 22.3 Å². The fraction of sp³-hybridized carbons (Fsp3) is 0.176. The molecule has 3 aromatic rings. The predicted octanol–water partition coefficient (Wildman–Crippen LogP) is 4.38. The van der Waals surface area contributed by atoms with E-state index in [1.54, 1.807) is 31.4 Å². The number of aromatic nitrogens is 2. The first kappa shape index (κ1) is 16.8. The number of alkyl halides is 3. The maximum Gasteiger partial charge on any atom is 0.416 e. The van der Waals surface area contributed by atoms with Crippen molar-refractivity contribution in [1.29, 1.82) is 0 Å². The number of benzene rings is 2. The number of rotatable bonds is 5. The average Bonchev–Trinajstić information content (AvgIpc) is 3.08. The Hall–Kier alpha value is -3.03. The molecule has 3 rings (SSSR count). The van der Waals surface area contributed by atoms with Crippen LogP contribution >= 0.6 is 0 Å². The smallest absolute Gasteiger partial charge is 0.416 e. The monoisotopic (exact) mass is 349 g/mol. The zero-order chi connectivity index (χ0) is 17.9. The van der Waals surface area contributed by atoms with E-state index in [1.807, 2.05) is 0 Å². The van der Waals surface area contributed by atoms with Crippen LogP contribution in [0.3, 0.4) is 0 Å². The van der Waals surface area contributed by atoms with Gasteiger partial charge in [-0.3, -0.25) is 0 Å². The van der Waals surface area contributed by atoms with Crippen LogP contribution in [-0.4, -0.2) is 17.3 Å². The van der Waals surface area contributed by atoms with E-state index in [1.165, 1.54) is 12.1 Å². The van der Waals surface area contributed by atoms with Gasteiger partial charge in [-0.05, 0) is 42.5 Å². The lowest BCUT2D eigenvalue weighted by atomic mass is 10.2. The third-order valence-corrected chi connectivity index (χ3v) is 3.44. The van der Waals surface area contributed by atoms with E-state index in [0.29, 0.717) is 17.3 Å². The normalized spacial score (nSPS) is 11.4. The van der Waals surface area contributed by atoms with Crippen molar-refractivity contribution in [3.8, 4) is 17.2 Å². The van der Waals surface area contributed by atoms with Crippen molar-refractivity contribution in [2.24, 2.45) is 0 Å².